The number of hydrogen-bond donors (Lipinski definition) is 1. The van der Waals surface area contributed by atoms with Gasteiger partial charge < -0.3 is 14.7 Å². The van der Waals surface area contributed by atoms with Gasteiger partial charge in [-0.2, -0.15) is 0 Å². The third kappa shape index (κ3) is 5.12. The summed E-state index contributed by atoms with van der Waals surface area (Å²) in [5.74, 6) is -0.400. The maximum absolute atomic E-state index is 12.4. The highest BCUT2D eigenvalue weighted by Gasteiger charge is 2.15. The van der Waals surface area contributed by atoms with Crippen molar-refractivity contribution in [3.8, 4) is 5.75 Å². The molecule has 0 bridgehead atoms. The van der Waals surface area contributed by atoms with Gasteiger partial charge in [-0.3, -0.25) is 9.59 Å². The van der Waals surface area contributed by atoms with Crippen LogP contribution in [0.3, 0.4) is 0 Å². The molecule has 0 saturated heterocycles. The van der Waals surface area contributed by atoms with E-state index in [2.05, 4.69) is 0 Å². The Kier molecular flexibility index (Phi) is 6.37. The number of hydrogen-bond acceptors (Lipinski definition) is 3. The topological polar surface area (TPSA) is 66.8 Å². The molecule has 0 unspecified atom stereocenters. The summed E-state index contributed by atoms with van der Waals surface area (Å²) >= 11 is 0. The number of aliphatic carboxylic acids is 1. The zero-order valence-corrected chi connectivity index (χ0v) is 13.6. The summed E-state index contributed by atoms with van der Waals surface area (Å²) in [5, 5.41) is 8.75. The highest BCUT2D eigenvalue weighted by molar-refractivity contribution is 5.94. The molecule has 0 aliphatic carbocycles. The molecular weight excluding hydrogens is 306 g/mol. The van der Waals surface area contributed by atoms with Crippen molar-refractivity contribution in [1.29, 1.82) is 0 Å². The van der Waals surface area contributed by atoms with E-state index in [-0.39, 0.29) is 18.9 Å². The van der Waals surface area contributed by atoms with Gasteiger partial charge in [0.2, 0.25) is 0 Å². The number of carbonyl (C=O) groups is 2. The van der Waals surface area contributed by atoms with Gasteiger partial charge in [-0.1, -0.05) is 30.3 Å². The first kappa shape index (κ1) is 17.5. The van der Waals surface area contributed by atoms with Crippen LogP contribution in [0.4, 0.5) is 0 Å². The van der Waals surface area contributed by atoms with Crippen molar-refractivity contribution in [1.82, 2.24) is 4.90 Å². The molecule has 126 valence electrons. The van der Waals surface area contributed by atoms with E-state index in [9.17, 15) is 9.59 Å². The van der Waals surface area contributed by atoms with Gasteiger partial charge in [0.1, 0.15) is 12.4 Å². The summed E-state index contributed by atoms with van der Waals surface area (Å²) in [7, 11) is 0. The average molecular weight is 327 g/mol. The lowest BCUT2D eigenvalue weighted by molar-refractivity contribution is -0.137. The maximum Gasteiger partial charge on any atom is 0.305 e. The number of ether oxygens (including phenoxy) is 1. The van der Waals surface area contributed by atoms with Crippen molar-refractivity contribution in [2.75, 3.05) is 13.1 Å². The summed E-state index contributed by atoms with van der Waals surface area (Å²) in [4.78, 5) is 24.6. The predicted molar refractivity (Wildman–Crippen MR) is 91.0 cm³/mol. The van der Waals surface area contributed by atoms with Crippen LogP contribution in [0.2, 0.25) is 0 Å². The first-order valence-electron chi connectivity index (χ1n) is 7.88. The number of carboxylic acids is 1. The van der Waals surface area contributed by atoms with Gasteiger partial charge >= 0.3 is 5.97 Å². The van der Waals surface area contributed by atoms with Crippen LogP contribution in [0.5, 0.6) is 5.75 Å². The minimum absolute atomic E-state index is 0.0577. The van der Waals surface area contributed by atoms with Gasteiger partial charge in [0.15, 0.2) is 0 Å². The van der Waals surface area contributed by atoms with Gasteiger partial charge in [-0.15, -0.1) is 0 Å². The molecule has 2 aromatic carbocycles. The van der Waals surface area contributed by atoms with E-state index in [4.69, 9.17) is 9.84 Å². The third-order valence-electron chi connectivity index (χ3n) is 3.61. The summed E-state index contributed by atoms with van der Waals surface area (Å²) in [6.45, 7) is 2.97. The molecule has 5 heteroatoms. The number of carboxylic acid groups (broad SMARTS) is 1. The molecule has 0 heterocycles. The van der Waals surface area contributed by atoms with Crippen LogP contribution in [-0.4, -0.2) is 35.0 Å². The van der Waals surface area contributed by atoms with Crippen molar-refractivity contribution in [2.45, 2.75) is 20.0 Å². The van der Waals surface area contributed by atoms with Crippen LogP contribution in [0, 0.1) is 0 Å². The lowest BCUT2D eigenvalue weighted by Crippen LogP contribution is -2.32. The first-order chi connectivity index (χ1) is 11.6. The van der Waals surface area contributed by atoms with Crippen LogP contribution >= 0.6 is 0 Å². The summed E-state index contributed by atoms with van der Waals surface area (Å²) < 4.78 is 5.69. The van der Waals surface area contributed by atoms with E-state index in [0.717, 1.165) is 5.56 Å². The van der Waals surface area contributed by atoms with Crippen LogP contribution in [0.25, 0.3) is 0 Å². The van der Waals surface area contributed by atoms with E-state index in [1.807, 2.05) is 37.3 Å². The molecule has 1 amide bonds. The molecule has 5 nitrogen and oxygen atoms in total. The van der Waals surface area contributed by atoms with E-state index >= 15 is 0 Å². The maximum atomic E-state index is 12.4. The molecule has 2 rings (SSSR count). The zero-order valence-electron chi connectivity index (χ0n) is 13.6. The van der Waals surface area contributed by atoms with Crippen molar-refractivity contribution >= 4 is 11.9 Å². The lowest BCUT2D eigenvalue weighted by atomic mass is 10.2. The first-order valence-corrected chi connectivity index (χ1v) is 7.88. The molecule has 0 radical (unpaired) electrons. The fraction of sp³-hybridized carbons (Fsp3) is 0.263. The molecule has 0 aliphatic heterocycles. The standard InChI is InChI=1S/C19H21NO4/c1-2-20(13-12-18(21)22)19(23)16-8-10-17(11-9-16)24-14-15-6-4-3-5-7-15/h3-11H,2,12-14H2,1H3,(H,21,22). The molecule has 0 aliphatic rings. The molecular formula is C19H21NO4. The Bertz CT molecular complexity index is 668. The monoisotopic (exact) mass is 327 g/mol. The second-order valence-electron chi connectivity index (χ2n) is 5.33. The number of carbonyl (C=O) groups excluding carboxylic acids is 1. The molecule has 0 atom stereocenters. The normalized spacial score (nSPS) is 10.2. The van der Waals surface area contributed by atoms with Gasteiger partial charge in [-0.25, -0.2) is 0 Å². The number of benzene rings is 2. The highest BCUT2D eigenvalue weighted by Crippen LogP contribution is 2.15. The average Bonchev–Trinajstić information content (AvgIpc) is 2.61. The predicted octanol–water partition coefficient (Wildman–Crippen LogP) is 3.20. The van der Waals surface area contributed by atoms with Gasteiger partial charge in [0.25, 0.3) is 5.91 Å². The van der Waals surface area contributed by atoms with Crippen molar-refractivity contribution < 1.29 is 19.4 Å². The summed E-state index contributed by atoms with van der Waals surface area (Å²) in [5.41, 5.74) is 1.60. The minimum Gasteiger partial charge on any atom is -0.489 e. The lowest BCUT2D eigenvalue weighted by Gasteiger charge is -2.20. The Balaban J connectivity index is 1.94. The van der Waals surface area contributed by atoms with Crippen LogP contribution in [-0.2, 0) is 11.4 Å². The van der Waals surface area contributed by atoms with Crippen molar-refractivity contribution in [2.24, 2.45) is 0 Å². The highest BCUT2D eigenvalue weighted by atomic mass is 16.5. The second kappa shape index (κ2) is 8.72. The molecule has 2 aromatic rings. The second-order valence-corrected chi connectivity index (χ2v) is 5.33. The van der Waals surface area contributed by atoms with E-state index < -0.39 is 5.97 Å². The minimum atomic E-state index is -0.911. The Morgan fingerprint density at radius 2 is 1.71 bits per heavy atom. The molecule has 0 spiro atoms. The van der Waals surface area contributed by atoms with Gasteiger partial charge in [-0.05, 0) is 36.8 Å². The van der Waals surface area contributed by atoms with Crippen molar-refractivity contribution in [3.05, 3.63) is 65.7 Å². The fourth-order valence-corrected chi connectivity index (χ4v) is 2.25. The van der Waals surface area contributed by atoms with Gasteiger partial charge in [0, 0.05) is 18.7 Å². The summed E-state index contributed by atoms with van der Waals surface area (Å²) in [6.07, 6.45) is -0.0577. The fourth-order valence-electron chi connectivity index (χ4n) is 2.25. The molecule has 0 saturated carbocycles. The smallest absolute Gasteiger partial charge is 0.305 e. The number of amides is 1. The molecule has 0 aromatic heterocycles. The Labute approximate surface area is 141 Å². The molecule has 24 heavy (non-hydrogen) atoms. The van der Waals surface area contributed by atoms with Gasteiger partial charge in [0.05, 0.1) is 6.42 Å². The van der Waals surface area contributed by atoms with E-state index in [1.165, 1.54) is 4.90 Å². The number of rotatable bonds is 8. The summed E-state index contributed by atoms with van der Waals surface area (Å²) in [6, 6.07) is 16.7. The SMILES string of the molecule is CCN(CCC(=O)O)C(=O)c1ccc(OCc2ccccc2)cc1. The van der Waals surface area contributed by atoms with Crippen LogP contribution in [0.1, 0.15) is 29.3 Å². The Morgan fingerprint density at radius 1 is 1.04 bits per heavy atom. The van der Waals surface area contributed by atoms with Crippen LogP contribution in [0.15, 0.2) is 54.6 Å². The van der Waals surface area contributed by atoms with E-state index in [1.54, 1.807) is 24.3 Å². The molecule has 1 N–H and O–H groups in total. The van der Waals surface area contributed by atoms with Crippen LogP contribution < -0.4 is 4.74 Å². The van der Waals surface area contributed by atoms with Crippen molar-refractivity contribution in [3.63, 3.8) is 0 Å². The third-order valence-corrected chi connectivity index (χ3v) is 3.61. The Hall–Kier alpha value is -2.82. The molecule has 0 fully saturated rings. The zero-order chi connectivity index (χ0) is 17.4. The largest absolute Gasteiger partial charge is 0.489 e. The Morgan fingerprint density at radius 3 is 2.29 bits per heavy atom. The quantitative estimate of drug-likeness (QED) is 0.808. The van der Waals surface area contributed by atoms with E-state index in [0.29, 0.717) is 24.5 Å². The number of nitrogens with zero attached hydrogens (tertiary/aromatic N) is 1.